The molecule has 0 atom stereocenters. The number of carbonyl (C=O) groups is 2. The number of anilines is 2. The Kier molecular flexibility index (Phi) is 9.84. The van der Waals surface area contributed by atoms with Crippen molar-refractivity contribution in [3.8, 4) is 0 Å². The van der Waals surface area contributed by atoms with Crippen LogP contribution in [0.1, 0.15) is 0 Å². The standard InChI is InChI=1S/C12H14N4O4S2.Al/c1-19-11(17)15-9(21)13-7-5-3-4-6-8(7)14-10(22)16-12(18)20-2;/h3-6H,1-2H3,(H2,13,15,17,21)(H2,14,16,18,22);. The Morgan fingerprint density at radius 2 is 1.22 bits per heavy atom. The third-order valence-electron chi connectivity index (χ3n) is 2.23. The van der Waals surface area contributed by atoms with Crippen molar-refractivity contribution in [2.24, 2.45) is 0 Å². The average molecular weight is 369 g/mol. The number of thiocarbonyl (C=S) groups is 2. The minimum Gasteiger partial charge on any atom is -0.453 e. The highest BCUT2D eigenvalue weighted by Gasteiger charge is 2.09. The van der Waals surface area contributed by atoms with Crippen molar-refractivity contribution in [3.05, 3.63) is 24.3 Å². The zero-order valence-corrected chi connectivity index (χ0v) is 15.1. The lowest BCUT2D eigenvalue weighted by atomic mass is 10.2. The van der Waals surface area contributed by atoms with E-state index >= 15 is 0 Å². The maximum Gasteiger partial charge on any atom is 0.413 e. The molecule has 0 unspecified atom stereocenters. The van der Waals surface area contributed by atoms with Gasteiger partial charge in [0.25, 0.3) is 0 Å². The van der Waals surface area contributed by atoms with Gasteiger partial charge in [0.2, 0.25) is 0 Å². The van der Waals surface area contributed by atoms with Gasteiger partial charge in [-0.15, -0.1) is 0 Å². The Hall–Kier alpha value is -1.93. The summed E-state index contributed by atoms with van der Waals surface area (Å²) in [6, 6.07) is 6.92. The van der Waals surface area contributed by atoms with Crippen LogP contribution in [0, 0.1) is 0 Å². The van der Waals surface area contributed by atoms with Crippen LogP contribution >= 0.6 is 24.4 Å². The topological polar surface area (TPSA) is 101 Å². The number of benzene rings is 1. The highest BCUT2D eigenvalue weighted by Crippen LogP contribution is 2.20. The van der Waals surface area contributed by atoms with Crippen LogP contribution in [0.2, 0.25) is 0 Å². The van der Waals surface area contributed by atoms with Crippen molar-refractivity contribution in [2.45, 2.75) is 0 Å². The lowest BCUT2D eigenvalue weighted by Gasteiger charge is -2.15. The molecule has 121 valence electrons. The van der Waals surface area contributed by atoms with Crippen LogP contribution in [-0.4, -0.2) is 54.0 Å². The number of alkyl carbamates (subject to hydrolysis) is 2. The van der Waals surface area contributed by atoms with E-state index in [0.29, 0.717) is 11.4 Å². The molecule has 0 saturated carbocycles. The smallest absolute Gasteiger partial charge is 0.413 e. The molecule has 8 nitrogen and oxygen atoms in total. The zero-order chi connectivity index (χ0) is 16.5. The second kappa shape index (κ2) is 10.7. The molecule has 3 radical (unpaired) electrons. The van der Waals surface area contributed by atoms with Crippen LogP contribution in [0.3, 0.4) is 0 Å². The van der Waals surface area contributed by atoms with E-state index in [1.807, 2.05) is 0 Å². The molecule has 1 aromatic rings. The van der Waals surface area contributed by atoms with Crippen molar-refractivity contribution in [3.63, 3.8) is 0 Å². The molecular weight excluding hydrogens is 355 g/mol. The Morgan fingerprint density at radius 3 is 1.52 bits per heavy atom. The number of para-hydroxylation sites is 2. The van der Waals surface area contributed by atoms with Gasteiger partial charge in [-0.3, -0.25) is 10.6 Å². The molecule has 1 aromatic carbocycles. The first-order valence-electron chi connectivity index (χ1n) is 5.87. The predicted molar refractivity (Wildman–Crippen MR) is 95.7 cm³/mol. The third-order valence-corrected chi connectivity index (χ3v) is 2.63. The first-order chi connectivity index (χ1) is 10.5. The molecule has 11 heteroatoms. The van der Waals surface area contributed by atoms with E-state index in [1.165, 1.54) is 14.2 Å². The van der Waals surface area contributed by atoms with Gasteiger partial charge in [0, 0.05) is 17.4 Å². The normalized spacial score (nSPS) is 8.78. The number of hydrogen-bond acceptors (Lipinski definition) is 6. The lowest BCUT2D eigenvalue weighted by Crippen LogP contribution is -2.35. The molecule has 0 spiro atoms. The maximum atomic E-state index is 11.1. The molecule has 0 aromatic heterocycles. The van der Waals surface area contributed by atoms with Gasteiger partial charge in [0.05, 0.1) is 25.6 Å². The van der Waals surface area contributed by atoms with Crippen molar-refractivity contribution in [1.29, 1.82) is 0 Å². The van der Waals surface area contributed by atoms with E-state index in [1.54, 1.807) is 24.3 Å². The SMILES string of the molecule is COC(=O)NC(=S)Nc1ccccc1NC(=S)NC(=O)OC.[Al]. The number of carbonyl (C=O) groups excluding carboxylic acids is 2. The largest absolute Gasteiger partial charge is 0.453 e. The summed E-state index contributed by atoms with van der Waals surface area (Å²) in [5.41, 5.74) is 1.08. The molecule has 0 aliphatic heterocycles. The molecule has 0 fully saturated rings. The van der Waals surface area contributed by atoms with Gasteiger partial charge < -0.3 is 20.1 Å². The van der Waals surface area contributed by atoms with Crippen LogP contribution in [0.15, 0.2) is 24.3 Å². The lowest BCUT2D eigenvalue weighted by molar-refractivity contribution is 0.176. The maximum absolute atomic E-state index is 11.1. The molecule has 0 bridgehead atoms. The number of nitrogens with one attached hydrogen (secondary N) is 4. The fourth-order valence-corrected chi connectivity index (χ4v) is 1.68. The van der Waals surface area contributed by atoms with Gasteiger partial charge in [0.15, 0.2) is 10.2 Å². The van der Waals surface area contributed by atoms with E-state index in [2.05, 4.69) is 30.7 Å². The fraction of sp³-hybridized carbons (Fsp3) is 0.167. The Labute approximate surface area is 154 Å². The van der Waals surface area contributed by atoms with Crippen LogP contribution in [0.25, 0.3) is 0 Å². The number of hydrogen-bond donors (Lipinski definition) is 4. The molecular formula is C12H14AlN4O4S2. The summed E-state index contributed by atoms with van der Waals surface area (Å²) in [5.74, 6) is 0. The van der Waals surface area contributed by atoms with Crippen LogP contribution in [0.5, 0.6) is 0 Å². The summed E-state index contributed by atoms with van der Waals surface area (Å²) < 4.78 is 8.87. The number of methoxy groups -OCH3 is 2. The fourth-order valence-electron chi connectivity index (χ4n) is 1.30. The van der Waals surface area contributed by atoms with E-state index < -0.39 is 12.2 Å². The number of rotatable bonds is 2. The van der Waals surface area contributed by atoms with Crippen molar-refractivity contribution in [1.82, 2.24) is 10.6 Å². The molecule has 4 N–H and O–H groups in total. The monoisotopic (exact) mass is 369 g/mol. The molecule has 0 aliphatic carbocycles. The van der Waals surface area contributed by atoms with Gasteiger partial charge in [0.1, 0.15) is 0 Å². The number of amides is 2. The Bertz CT molecular complexity index is 549. The van der Waals surface area contributed by atoms with E-state index in [-0.39, 0.29) is 27.6 Å². The van der Waals surface area contributed by atoms with Gasteiger partial charge in [-0.25, -0.2) is 9.59 Å². The van der Waals surface area contributed by atoms with Crippen molar-refractivity contribution < 1.29 is 19.1 Å². The Morgan fingerprint density at radius 1 is 0.870 bits per heavy atom. The predicted octanol–water partition coefficient (Wildman–Crippen LogP) is 1.41. The second-order valence-corrected chi connectivity index (χ2v) is 4.50. The first-order valence-corrected chi connectivity index (χ1v) is 6.69. The van der Waals surface area contributed by atoms with Crippen molar-refractivity contribution >= 4 is 75.6 Å². The molecule has 2 amide bonds. The summed E-state index contributed by atoms with van der Waals surface area (Å²) >= 11 is 9.93. The molecule has 23 heavy (non-hydrogen) atoms. The summed E-state index contributed by atoms with van der Waals surface area (Å²) in [6.45, 7) is 0. The second-order valence-electron chi connectivity index (χ2n) is 3.69. The van der Waals surface area contributed by atoms with Crippen LogP contribution in [0.4, 0.5) is 21.0 Å². The third kappa shape index (κ3) is 7.76. The summed E-state index contributed by atoms with van der Waals surface area (Å²) in [4.78, 5) is 22.1. The summed E-state index contributed by atoms with van der Waals surface area (Å²) in [5, 5.41) is 10.3. The zero-order valence-electron chi connectivity index (χ0n) is 12.3. The van der Waals surface area contributed by atoms with Crippen LogP contribution in [-0.2, 0) is 9.47 Å². The minimum absolute atomic E-state index is 0. The molecule has 1 rings (SSSR count). The quantitative estimate of drug-likeness (QED) is 0.459. The Balaban J connectivity index is 0.00000484. The summed E-state index contributed by atoms with van der Waals surface area (Å²) in [7, 11) is 2.45. The van der Waals surface area contributed by atoms with Crippen LogP contribution < -0.4 is 21.3 Å². The molecule has 0 aliphatic rings. The van der Waals surface area contributed by atoms with E-state index in [0.717, 1.165) is 0 Å². The average Bonchev–Trinajstić information content (AvgIpc) is 2.48. The minimum atomic E-state index is -0.689. The first kappa shape index (κ1) is 21.1. The highest BCUT2D eigenvalue weighted by molar-refractivity contribution is 7.80. The summed E-state index contributed by atoms with van der Waals surface area (Å²) in [6.07, 6.45) is -1.38. The van der Waals surface area contributed by atoms with Gasteiger partial charge in [-0.2, -0.15) is 0 Å². The van der Waals surface area contributed by atoms with Crippen molar-refractivity contribution in [2.75, 3.05) is 24.9 Å². The van der Waals surface area contributed by atoms with E-state index in [4.69, 9.17) is 24.4 Å². The number of ether oxygens (including phenoxy) is 2. The van der Waals surface area contributed by atoms with Gasteiger partial charge in [-0.1, -0.05) is 12.1 Å². The molecule has 0 heterocycles. The molecule has 0 saturated heterocycles. The highest BCUT2D eigenvalue weighted by atomic mass is 32.1. The van der Waals surface area contributed by atoms with E-state index in [9.17, 15) is 9.59 Å². The van der Waals surface area contributed by atoms with Gasteiger partial charge >= 0.3 is 12.2 Å². The van der Waals surface area contributed by atoms with Gasteiger partial charge in [-0.05, 0) is 36.6 Å².